The summed E-state index contributed by atoms with van der Waals surface area (Å²) in [4.78, 5) is 21.6. The number of carbonyl (C=O) groups excluding carboxylic acids is 1. The highest BCUT2D eigenvalue weighted by Crippen LogP contribution is 2.06. The van der Waals surface area contributed by atoms with Crippen molar-refractivity contribution in [3.8, 4) is 0 Å². The van der Waals surface area contributed by atoms with Gasteiger partial charge in [0.2, 0.25) is 0 Å². The highest BCUT2D eigenvalue weighted by Gasteiger charge is 2.13. The minimum atomic E-state index is -0.718. The van der Waals surface area contributed by atoms with Crippen LogP contribution >= 0.6 is 12.6 Å². The molecule has 0 heterocycles. The van der Waals surface area contributed by atoms with E-state index in [-0.39, 0.29) is 18.4 Å². The molecule has 0 bridgehead atoms. The minimum Gasteiger partial charge on any atom is -0.481 e. The summed E-state index contributed by atoms with van der Waals surface area (Å²) in [5, 5.41) is 11.3. The smallest absolute Gasteiger partial charge is 0.303 e. The third kappa shape index (κ3) is 10.4. The maximum Gasteiger partial charge on any atom is 0.303 e. The molecule has 0 radical (unpaired) electrons. The lowest BCUT2D eigenvalue weighted by Crippen LogP contribution is -2.68. The van der Waals surface area contributed by atoms with Crippen LogP contribution in [0.15, 0.2) is 0 Å². The second kappa shape index (κ2) is 11.3. The monoisotopic (exact) mass is 277 g/mol. The van der Waals surface area contributed by atoms with Crippen LogP contribution in [0.2, 0.25) is 0 Å². The maximum atomic E-state index is 11.3. The van der Waals surface area contributed by atoms with Gasteiger partial charge in [-0.25, -0.2) is 0 Å². The third-order valence-electron chi connectivity index (χ3n) is 2.71. The predicted molar refractivity (Wildman–Crippen MR) is 73.5 cm³/mol. The third-order valence-corrected chi connectivity index (χ3v) is 3.15. The lowest BCUT2D eigenvalue weighted by atomic mass is 10.1. The van der Waals surface area contributed by atoms with Crippen LogP contribution < -0.4 is 11.1 Å². The zero-order valence-corrected chi connectivity index (χ0v) is 11.8. The van der Waals surface area contributed by atoms with Gasteiger partial charge in [-0.05, 0) is 12.8 Å². The molecule has 1 unspecified atom stereocenters. The number of nitrogens with one attached hydrogen (secondary N) is 1. The average molecular weight is 277 g/mol. The molecule has 1 amide bonds. The predicted octanol–water partition coefficient (Wildman–Crippen LogP) is 0.458. The lowest BCUT2D eigenvalue weighted by molar-refractivity contribution is -0.396. The number of rotatable bonds is 11. The Balaban J connectivity index is 3.21. The highest BCUT2D eigenvalue weighted by molar-refractivity contribution is 7.80. The van der Waals surface area contributed by atoms with Crippen molar-refractivity contribution in [2.24, 2.45) is 0 Å². The van der Waals surface area contributed by atoms with Crippen LogP contribution in [0.3, 0.4) is 0 Å². The Morgan fingerprint density at radius 2 is 1.67 bits per heavy atom. The van der Waals surface area contributed by atoms with Crippen molar-refractivity contribution < 1.29 is 20.4 Å². The summed E-state index contributed by atoms with van der Waals surface area (Å²) in [5.74, 6) is -0.286. The van der Waals surface area contributed by atoms with Gasteiger partial charge in [0.1, 0.15) is 0 Å². The molecular formula is C12H25N2O3S+. The normalized spacial score (nSPS) is 12.1. The van der Waals surface area contributed by atoms with Crippen LogP contribution in [0, 0.1) is 0 Å². The molecule has 18 heavy (non-hydrogen) atoms. The van der Waals surface area contributed by atoms with Crippen LogP contribution in [-0.4, -0.2) is 35.3 Å². The van der Waals surface area contributed by atoms with Crippen molar-refractivity contribution in [3.05, 3.63) is 0 Å². The largest absolute Gasteiger partial charge is 0.481 e. The van der Waals surface area contributed by atoms with E-state index < -0.39 is 5.97 Å². The number of carboxylic acids is 1. The Morgan fingerprint density at radius 1 is 1.11 bits per heavy atom. The molecule has 0 rings (SSSR count). The number of hydrogen-bond donors (Lipinski definition) is 4. The first kappa shape index (κ1) is 17.2. The summed E-state index contributed by atoms with van der Waals surface area (Å²) < 4.78 is 0. The molecule has 106 valence electrons. The van der Waals surface area contributed by atoms with E-state index in [9.17, 15) is 9.59 Å². The van der Waals surface area contributed by atoms with Gasteiger partial charge < -0.3 is 16.2 Å². The Bertz CT molecular complexity index is 249. The molecule has 0 aromatic rings. The maximum absolute atomic E-state index is 11.3. The summed E-state index contributed by atoms with van der Waals surface area (Å²) in [5.41, 5.74) is 3.68. The van der Waals surface area contributed by atoms with Gasteiger partial charge in [0.15, 0.2) is 6.04 Å². The van der Waals surface area contributed by atoms with Gasteiger partial charge in [0.25, 0.3) is 5.91 Å². The topological polar surface area (TPSA) is 94.0 Å². The number of amides is 1. The molecule has 6 heteroatoms. The Labute approximate surface area is 114 Å². The SMILES string of the molecule is [NH3+]C(CS)C(=O)NCCCCCCCCC(=O)O. The minimum absolute atomic E-state index is 0.0357. The summed E-state index contributed by atoms with van der Waals surface area (Å²) in [6, 6.07) is -0.274. The van der Waals surface area contributed by atoms with Gasteiger partial charge in [-0.15, -0.1) is 0 Å². The van der Waals surface area contributed by atoms with Crippen molar-refractivity contribution in [3.63, 3.8) is 0 Å². The number of thiol groups is 1. The first-order chi connectivity index (χ1) is 8.57. The van der Waals surface area contributed by atoms with Crippen molar-refractivity contribution in [1.82, 2.24) is 5.32 Å². The molecule has 0 saturated carbocycles. The fraction of sp³-hybridized carbons (Fsp3) is 0.833. The molecule has 0 aromatic carbocycles. The molecule has 0 spiro atoms. The molecule has 5 N–H and O–H groups in total. The summed E-state index contributed by atoms with van der Waals surface area (Å²) >= 11 is 4.02. The van der Waals surface area contributed by atoms with E-state index in [2.05, 4.69) is 23.7 Å². The second-order valence-corrected chi connectivity index (χ2v) is 4.80. The number of carboxylic acid groups (broad SMARTS) is 1. The number of hydrogen-bond acceptors (Lipinski definition) is 3. The lowest BCUT2D eigenvalue weighted by Gasteiger charge is -2.07. The first-order valence-corrected chi connectivity index (χ1v) is 7.14. The molecule has 1 atom stereocenters. The van der Waals surface area contributed by atoms with E-state index >= 15 is 0 Å². The van der Waals surface area contributed by atoms with Gasteiger partial charge >= 0.3 is 5.97 Å². The zero-order valence-electron chi connectivity index (χ0n) is 10.9. The van der Waals surface area contributed by atoms with Crippen LogP contribution in [0.25, 0.3) is 0 Å². The van der Waals surface area contributed by atoms with Crippen molar-refractivity contribution in [2.45, 2.75) is 51.0 Å². The molecule has 0 aliphatic carbocycles. The van der Waals surface area contributed by atoms with Gasteiger partial charge in [-0.1, -0.05) is 25.7 Å². The number of quaternary nitrogens is 1. The quantitative estimate of drug-likeness (QED) is 0.326. The standard InChI is InChI=1S/C12H24N2O3S/c13-10(9-18)12(17)14-8-6-4-2-1-3-5-7-11(15)16/h10,18H,1-9,13H2,(H,14,17)(H,15,16)/p+1. The van der Waals surface area contributed by atoms with Crippen molar-refractivity contribution in [2.75, 3.05) is 12.3 Å². The second-order valence-electron chi connectivity index (χ2n) is 4.44. The van der Waals surface area contributed by atoms with E-state index in [0.717, 1.165) is 38.5 Å². The van der Waals surface area contributed by atoms with Crippen LogP contribution in [0.1, 0.15) is 44.9 Å². The van der Waals surface area contributed by atoms with Gasteiger partial charge in [-0.3, -0.25) is 9.59 Å². The summed E-state index contributed by atoms with van der Waals surface area (Å²) in [6.07, 6.45) is 6.19. The van der Waals surface area contributed by atoms with Gasteiger partial charge in [-0.2, -0.15) is 12.6 Å². The van der Waals surface area contributed by atoms with Crippen LogP contribution in [-0.2, 0) is 9.59 Å². The fourth-order valence-corrected chi connectivity index (χ4v) is 1.71. The average Bonchev–Trinajstić information content (AvgIpc) is 2.35. The van der Waals surface area contributed by atoms with E-state index in [4.69, 9.17) is 5.11 Å². The van der Waals surface area contributed by atoms with Crippen molar-refractivity contribution in [1.29, 1.82) is 0 Å². The van der Waals surface area contributed by atoms with Crippen LogP contribution in [0.5, 0.6) is 0 Å². The van der Waals surface area contributed by atoms with E-state index in [1.165, 1.54) is 0 Å². The molecule has 5 nitrogen and oxygen atoms in total. The molecule has 0 fully saturated rings. The highest BCUT2D eigenvalue weighted by atomic mass is 32.1. The summed E-state index contributed by atoms with van der Waals surface area (Å²) in [6.45, 7) is 0.688. The zero-order chi connectivity index (χ0) is 13.8. The Kier molecular flexibility index (Phi) is 10.9. The molecule has 0 aromatic heterocycles. The molecule has 0 aliphatic heterocycles. The molecule has 0 aliphatic rings. The Hall–Kier alpha value is -0.750. The summed E-state index contributed by atoms with van der Waals surface area (Å²) in [7, 11) is 0. The first-order valence-electron chi connectivity index (χ1n) is 6.51. The van der Waals surface area contributed by atoms with Crippen molar-refractivity contribution >= 4 is 24.5 Å². The molecular weight excluding hydrogens is 252 g/mol. The van der Waals surface area contributed by atoms with E-state index in [0.29, 0.717) is 12.3 Å². The number of unbranched alkanes of at least 4 members (excludes halogenated alkanes) is 5. The number of carbonyl (C=O) groups is 2. The fourth-order valence-electron chi connectivity index (χ4n) is 1.55. The molecule has 0 saturated heterocycles. The Morgan fingerprint density at radius 3 is 2.22 bits per heavy atom. The van der Waals surface area contributed by atoms with Crippen LogP contribution in [0.4, 0.5) is 0 Å². The van der Waals surface area contributed by atoms with E-state index in [1.807, 2.05) is 0 Å². The van der Waals surface area contributed by atoms with E-state index in [1.54, 1.807) is 0 Å². The van der Waals surface area contributed by atoms with Gasteiger partial charge in [0, 0.05) is 13.0 Å². The number of aliphatic carboxylic acids is 1. The van der Waals surface area contributed by atoms with Gasteiger partial charge in [0.05, 0.1) is 5.75 Å².